The van der Waals surface area contributed by atoms with Crippen molar-refractivity contribution >= 4 is 11.6 Å². The Morgan fingerprint density at radius 3 is 2.65 bits per heavy atom. The molecule has 0 aliphatic heterocycles. The van der Waals surface area contributed by atoms with Gasteiger partial charge < -0.3 is 4.74 Å². The molecule has 0 heterocycles. The van der Waals surface area contributed by atoms with Gasteiger partial charge in [0, 0.05) is 5.56 Å². The maximum atomic E-state index is 5.92. The predicted octanol–water partition coefficient (Wildman–Crippen LogP) is 4.22. The Morgan fingerprint density at radius 2 is 1.82 bits per heavy atom. The maximum Gasteiger partial charge on any atom is 0.169 e. The molecule has 2 heteroatoms. The van der Waals surface area contributed by atoms with Crippen LogP contribution in [0.4, 0.5) is 0 Å². The summed E-state index contributed by atoms with van der Waals surface area (Å²) >= 11 is 5.92. The molecule has 0 saturated heterocycles. The van der Waals surface area contributed by atoms with E-state index in [4.69, 9.17) is 16.3 Å². The minimum absolute atomic E-state index is 0.311. The molecule has 1 atom stereocenters. The first-order valence-electron chi connectivity index (χ1n) is 5.76. The van der Waals surface area contributed by atoms with Crippen LogP contribution in [0.15, 0.2) is 42.5 Å². The van der Waals surface area contributed by atoms with Gasteiger partial charge in [-0.25, -0.2) is 0 Å². The fraction of sp³-hybridized carbons (Fsp3) is 0.200. The second kappa shape index (κ2) is 4.08. The summed E-state index contributed by atoms with van der Waals surface area (Å²) < 4.78 is 5.68. The van der Waals surface area contributed by atoms with E-state index in [1.54, 1.807) is 0 Å². The minimum atomic E-state index is -0.311. The van der Waals surface area contributed by atoms with Gasteiger partial charge in [0.25, 0.3) is 0 Å². The lowest BCUT2D eigenvalue weighted by molar-refractivity contribution is 0.302. The first-order valence-corrected chi connectivity index (χ1v) is 6.20. The van der Waals surface area contributed by atoms with Crippen LogP contribution in [-0.4, -0.2) is 5.56 Å². The van der Waals surface area contributed by atoms with E-state index in [1.807, 2.05) is 19.1 Å². The summed E-state index contributed by atoms with van der Waals surface area (Å²) in [6, 6.07) is 14.6. The largest absolute Gasteiger partial charge is 0.474 e. The summed E-state index contributed by atoms with van der Waals surface area (Å²) in [6.45, 7) is 1.84. The van der Waals surface area contributed by atoms with Crippen molar-refractivity contribution in [1.29, 1.82) is 0 Å². The van der Waals surface area contributed by atoms with E-state index in [-0.39, 0.29) is 5.56 Å². The first kappa shape index (κ1) is 10.7. The Hall–Kier alpha value is -1.47. The second-order valence-corrected chi connectivity index (χ2v) is 4.90. The molecular weight excluding hydrogens is 232 g/mol. The Kier molecular flexibility index (Phi) is 2.56. The number of hydrogen-bond acceptors (Lipinski definition) is 1. The summed E-state index contributed by atoms with van der Waals surface area (Å²) in [4.78, 5) is 0. The van der Waals surface area contributed by atoms with E-state index in [9.17, 15) is 0 Å². The Balaban J connectivity index is 2.16. The van der Waals surface area contributed by atoms with Gasteiger partial charge in [-0.15, -0.1) is 0 Å². The van der Waals surface area contributed by atoms with E-state index in [2.05, 4.69) is 30.3 Å². The summed E-state index contributed by atoms with van der Waals surface area (Å²) in [5.41, 5.74) is 4.85. The van der Waals surface area contributed by atoms with E-state index in [1.165, 1.54) is 22.3 Å². The van der Waals surface area contributed by atoms with Crippen LogP contribution in [0.1, 0.15) is 18.1 Å². The Morgan fingerprint density at radius 1 is 1.06 bits per heavy atom. The van der Waals surface area contributed by atoms with Crippen LogP contribution in [0.3, 0.4) is 0 Å². The summed E-state index contributed by atoms with van der Waals surface area (Å²) in [6.07, 6.45) is 0.985. The van der Waals surface area contributed by atoms with Gasteiger partial charge in [-0.3, -0.25) is 0 Å². The van der Waals surface area contributed by atoms with Gasteiger partial charge in [-0.05, 0) is 36.1 Å². The lowest BCUT2D eigenvalue weighted by Gasteiger charge is -2.12. The molecule has 0 aromatic heterocycles. The lowest BCUT2D eigenvalue weighted by Crippen LogP contribution is -2.03. The SMILES string of the molecule is CC(Cl)Oc1cccc2c1-c1ccccc1C2. The number of alkyl halides is 1. The molecule has 2 aromatic rings. The van der Waals surface area contributed by atoms with Crippen molar-refractivity contribution in [3.05, 3.63) is 53.6 Å². The van der Waals surface area contributed by atoms with Gasteiger partial charge in [0.1, 0.15) is 5.75 Å². The van der Waals surface area contributed by atoms with Crippen LogP contribution in [0.2, 0.25) is 0 Å². The molecule has 0 radical (unpaired) electrons. The zero-order valence-corrected chi connectivity index (χ0v) is 10.4. The maximum absolute atomic E-state index is 5.92. The van der Waals surface area contributed by atoms with Gasteiger partial charge in [0.15, 0.2) is 5.56 Å². The van der Waals surface area contributed by atoms with Crippen molar-refractivity contribution in [3.63, 3.8) is 0 Å². The van der Waals surface area contributed by atoms with Crippen molar-refractivity contribution in [3.8, 4) is 16.9 Å². The van der Waals surface area contributed by atoms with Crippen LogP contribution in [0.25, 0.3) is 11.1 Å². The molecule has 2 aromatic carbocycles. The third kappa shape index (κ3) is 1.81. The average Bonchev–Trinajstić information content (AvgIpc) is 2.67. The molecule has 3 rings (SSSR count). The highest BCUT2D eigenvalue weighted by Gasteiger charge is 2.21. The third-order valence-corrected chi connectivity index (χ3v) is 3.16. The summed E-state index contributed by atoms with van der Waals surface area (Å²) in [5.74, 6) is 0.884. The molecule has 0 N–H and O–H groups in total. The average molecular weight is 245 g/mol. The number of hydrogen-bond donors (Lipinski definition) is 0. The molecule has 0 amide bonds. The second-order valence-electron chi connectivity index (χ2n) is 4.29. The fourth-order valence-electron chi connectivity index (χ4n) is 2.43. The highest BCUT2D eigenvalue weighted by Crippen LogP contribution is 2.42. The van der Waals surface area contributed by atoms with Crippen LogP contribution in [0, 0.1) is 0 Å². The zero-order valence-electron chi connectivity index (χ0n) is 9.61. The van der Waals surface area contributed by atoms with Gasteiger partial charge in [0.05, 0.1) is 0 Å². The standard InChI is InChI=1S/C15H13ClO/c1-10(16)17-14-8-4-6-12-9-11-5-2-3-7-13(11)15(12)14/h2-8,10H,9H2,1H3. The normalized spacial score (nSPS) is 14.0. The van der Waals surface area contributed by atoms with Crippen LogP contribution >= 0.6 is 11.6 Å². The van der Waals surface area contributed by atoms with E-state index >= 15 is 0 Å². The lowest BCUT2D eigenvalue weighted by atomic mass is 10.1. The van der Waals surface area contributed by atoms with Gasteiger partial charge in [-0.2, -0.15) is 0 Å². The highest BCUT2D eigenvalue weighted by atomic mass is 35.5. The Bertz CT molecular complexity index is 561. The quantitative estimate of drug-likeness (QED) is 0.614. The van der Waals surface area contributed by atoms with Gasteiger partial charge in [-0.1, -0.05) is 48.0 Å². The summed E-state index contributed by atoms with van der Waals surface area (Å²) in [5, 5.41) is 0. The molecule has 1 nitrogen and oxygen atoms in total. The number of rotatable bonds is 2. The van der Waals surface area contributed by atoms with Gasteiger partial charge >= 0.3 is 0 Å². The molecule has 0 saturated carbocycles. The summed E-state index contributed by atoms with van der Waals surface area (Å²) in [7, 11) is 0. The van der Waals surface area contributed by atoms with Crippen LogP contribution in [0.5, 0.6) is 5.75 Å². The molecule has 1 unspecified atom stereocenters. The van der Waals surface area contributed by atoms with Gasteiger partial charge in [0.2, 0.25) is 0 Å². The number of fused-ring (bicyclic) bond motifs is 3. The molecule has 17 heavy (non-hydrogen) atoms. The molecule has 1 aliphatic carbocycles. The highest BCUT2D eigenvalue weighted by molar-refractivity contribution is 6.19. The molecule has 0 bridgehead atoms. The Labute approximate surface area is 106 Å². The van der Waals surface area contributed by atoms with E-state index in [0.29, 0.717) is 0 Å². The monoisotopic (exact) mass is 244 g/mol. The van der Waals surface area contributed by atoms with Crippen LogP contribution < -0.4 is 4.74 Å². The fourth-order valence-corrected chi connectivity index (χ4v) is 2.52. The minimum Gasteiger partial charge on any atom is -0.474 e. The van der Waals surface area contributed by atoms with Crippen molar-refractivity contribution in [2.24, 2.45) is 0 Å². The number of ether oxygens (including phenoxy) is 1. The predicted molar refractivity (Wildman–Crippen MR) is 70.6 cm³/mol. The van der Waals surface area contributed by atoms with Crippen molar-refractivity contribution in [2.45, 2.75) is 18.9 Å². The first-order chi connectivity index (χ1) is 8.25. The van der Waals surface area contributed by atoms with Crippen molar-refractivity contribution in [2.75, 3.05) is 0 Å². The zero-order chi connectivity index (χ0) is 11.8. The van der Waals surface area contributed by atoms with Crippen molar-refractivity contribution < 1.29 is 4.74 Å². The van der Waals surface area contributed by atoms with Crippen LogP contribution in [-0.2, 0) is 6.42 Å². The molecular formula is C15H13ClO. The van der Waals surface area contributed by atoms with Crippen molar-refractivity contribution in [1.82, 2.24) is 0 Å². The van der Waals surface area contributed by atoms with E-state index in [0.717, 1.165) is 12.2 Å². The molecule has 86 valence electrons. The molecule has 0 fully saturated rings. The number of benzene rings is 2. The number of halogens is 1. The third-order valence-electron chi connectivity index (χ3n) is 3.07. The van der Waals surface area contributed by atoms with E-state index < -0.39 is 0 Å². The molecule has 0 spiro atoms. The molecule has 1 aliphatic rings. The smallest absolute Gasteiger partial charge is 0.169 e. The topological polar surface area (TPSA) is 9.23 Å².